The van der Waals surface area contributed by atoms with Crippen LogP contribution in [0.3, 0.4) is 0 Å². The highest BCUT2D eigenvalue weighted by Gasteiger charge is 2.51. The first-order chi connectivity index (χ1) is 16.4. The molecule has 0 aliphatic carbocycles. The number of nitrogens with zero attached hydrogens (tertiary/aromatic N) is 4. The molecule has 0 unspecified atom stereocenters. The van der Waals surface area contributed by atoms with Crippen LogP contribution in [0, 0.1) is 11.3 Å². The number of nitriles is 1. The Morgan fingerprint density at radius 3 is 2.21 bits per heavy atom. The number of pyridine rings is 1. The van der Waals surface area contributed by atoms with E-state index in [1.165, 1.54) is 9.80 Å². The predicted molar refractivity (Wildman–Crippen MR) is 128 cm³/mol. The molecule has 2 aromatic carbocycles. The first kappa shape index (κ1) is 23.1. The van der Waals surface area contributed by atoms with Crippen LogP contribution >= 0.6 is 0 Å². The van der Waals surface area contributed by atoms with Gasteiger partial charge in [-0.1, -0.05) is 42.5 Å². The van der Waals surface area contributed by atoms with Crippen molar-refractivity contribution in [2.75, 3.05) is 20.7 Å². The van der Waals surface area contributed by atoms with E-state index in [0.717, 1.165) is 16.7 Å². The Balaban J connectivity index is 1.50. The van der Waals surface area contributed by atoms with Gasteiger partial charge in [0.05, 0.1) is 25.1 Å². The Morgan fingerprint density at radius 2 is 1.68 bits per heavy atom. The summed E-state index contributed by atoms with van der Waals surface area (Å²) >= 11 is 0. The first-order valence-electron chi connectivity index (χ1n) is 11.1. The number of likely N-dealkylation sites (tertiary alicyclic amines) is 1. The third-order valence-electron chi connectivity index (χ3n) is 6.24. The number of aliphatic hydroxyl groups is 1. The van der Waals surface area contributed by atoms with Crippen LogP contribution in [0.4, 0.5) is 0 Å². The van der Waals surface area contributed by atoms with Gasteiger partial charge in [0.15, 0.2) is 0 Å². The highest BCUT2D eigenvalue weighted by molar-refractivity contribution is 5.94. The van der Waals surface area contributed by atoms with Crippen molar-refractivity contribution in [2.24, 2.45) is 0 Å². The number of hydrogen-bond acceptors (Lipinski definition) is 5. The van der Waals surface area contributed by atoms with E-state index in [-0.39, 0.29) is 30.8 Å². The zero-order valence-electron chi connectivity index (χ0n) is 19.1. The van der Waals surface area contributed by atoms with Gasteiger partial charge >= 0.3 is 0 Å². The molecule has 0 bridgehead atoms. The zero-order valence-corrected chi connectivity index (χ0v) is 19.1. The van der Waals surface area contributed by atoms with Gasteiger partial charge in [-0.2, -0.15) is 5.26 Å². The minimum Gasteiger partial charge on any atom is -0.394 e. The molecular weight excluding hydrogens is 428 g/mol. The van der Waals surface area contributed by atoms with E-state index in [1.54, 1.807) is 44.6 Å². The van der Waals surface area contributed by atoms with Gasteiger partial charge in [0.1, 0.15) is 6.04 Å². The Morgan fingerprint density at radius 1 is 1.03 bits per heavy atom. The molecule has 0 radical (unpaired) electrons. The molecule has 7 nitrogen and oxygen atoms in total. The van der Waals surface area contributed by atoms with Gasteiger partial charge in [-0.25, -0.2) is 0 Å². The molecule has 7 heteroatoms. The highest BCUT2D eigenvalue weighted by Crippen LogP contribution is 2.41. The summed E-state index contributed by atoms with van der Waals surface area (Å²) in [6.45, 7) is -0.222. The maximum atomic E-state index is 12.9. The van der Waals surface area contributed by atoms with E-state index >= 15 is 0 Å². The van der Waals surface area contributed by atoms with E-state index < -0.39 is 12.1 Å². The number of aliphatic hydroxyl groups excluding tert-OH is 1. The minimum atomic E-state index is -0.643. The van der Waals surface area contributed by atoms with Crippen molar-refractivity contribution in [1.82, 2.24) is 14.8 Å². The summed E-state index contributed by atoms with van der Waals surface area (Å²) in [5.74, 6) is -0.534. The monoisotopic (exact) mass is 454 g/mol. The van der Waals surface area contributed by atoms with Crippen molar-refractivity contribution >= 4 is 11.8 Å². The average Bonchev–Trinajstić information content (AvgIpc) is 2.84. The van der Waals surface area contributed by atoms with Crippen LogP contribution in [0.2, 0.25) is 0 Å². The molecule has 0 saturated carbocycles. The molecule has 172 valence electrons. The average molecular weight is 455 g/mol. The minimum absolute atomic E-state index is 0.0494. The van der Waals surface area contributed by atoms with Crippen LogP contribution in [0.1, 0.15) is 27.5 Å². The van der Waals surface area contributed by atoms with Gasteiger partial charge in [0, 0.05) is 37.5 Å². The molecule has 0 spiro atoms. The van der Waals surface area contributed by atoms with Crippen molar-refractivity contribution in [2.45, 2.75) is 24.4 Å². The molecule has 1 N–H and O–H groups in total. The summed E-state index contributed by atoms with van der Waals surface area (Å²) in [6.07, 6.45) is 1.72. The lowest BCUT2D eigenvalue weighted by Crippen LogP contribution is -2.65. The second-order valence-corrected chi connectivity index (χ2v) is 8.55. The van der Waals surface area contributed by atoms with Gasteiger partial charge in [-0.15, -0.1) is 0 Å². The molecule has 1 saturated heterocycles. The van der Waals surface area contributed by atoms with E-state index in [4.69, 9.17) is 0 Å². The summed E-state index contributed by atoms with van der Waals surface area (Å²) in [5, 5.41) is 19.8. The van der Waals surface area contributed by atoms with Crippen LogP contribution in [0.15, 0.2) is 72.9 Å². The Kier molecular flexibility index (Phi) is 6.71. The zero-order chi connectivity index (χ0) is 24.2. The third kappa shape index (κ3) is 4.41. The molecule has 3 aromatic rings. The third-order valence-corrected chi connectivity index (χ3v) is 6.24. The van der Waals surface area contributed by atoms with Crippen LogP contribution in [0.25, 0.3) is 11.1 Å². The van der Waals surface area contributed by atoms with Gasteiger partial charge in [0.2, 0.25) is 5.91 Å². The summed E-state index contributed by atoms with van der Waals surface area (Å²) in [6, 6.07) is 21.7. The largest absolute Gasteiger partial charge is 0.394 e. The fourth-order valence-corrected chi connectivity index (χ4v) is 4.46. The number of rotatable bonds is 6. The molecule has 1 aliphatic heterocycles. The van der Waals surface area contributed by atoms with Crippen LogP contribution < -0.4 is 0 Å². The van der Waals surface area contributed by atoms with E-state index in [2.05, 4.69) is 11.1 Å². The Labute approximate surface area is 198 Å². The smallest absolute Gasteiger partial charge is 0.253 e. The topological polar surface area (TPSA) is 97.5 Å². The molecule has 2 heterocycles. The van der Waals surface area contributed by atoms with E-state index in [9.17, 15) is 20.0 Å². The lowest BCUT2D eigenvalue weighted by atomic mass is 9.75. The molecule has 4 rings (SSSR count). The summed E-state index contributed by atoms with van der Waals surface area (Å²) in [7, 11) is 3.44. The van der Waals surface area contributed by atoms with Gasteiger partial charge in [0.25, 0.3) is 5.91 Å². The summed E-state index contributed by atoms with van der Waals surface area (Å²) in [4.78, 5) is 32.2. The number of aromatic nitrogens is 1. The van der Waals surface area contributed by atoms with Crippen molar-refractivity contribution in [1.29, 1.82) is 5.26 Å². The van der Waals surface area contributed by atoms with Crippen LogP contribution in [0.5, 0.6) is 0 Å². The first-order valence-corrected chi connectivity index (χ1v) is 11.1. The number of carbonyl (C=O) groups excluding carboxylic acids is 2. The number of hydrogen-bond donors (Lipinski definition) is 1. The maximum absolute atomic E-state index is 12.9. The molecular formula is C27H26N4O3. The van der Waals surface area contributed by atoms with Gasteiger partial charge < -0.3 is 14.9 Å². The second-order valence-electron chi connectivity index (χ2n) is 8.55. The lowest BCUT2D eigenvalue weighted by Gasteiger charge is -2.51. The van der Waals surface area contributed by atoms with Crippen molar-refractivity contribution in [3.05, 3.63) is 89.7 Å². The number of benzene rings is 2. The van der Waals surface area contributed by atoms with E-state index in [0.29, 0.717) is 11.3 Å². The SMILES string of the molecule is CN(C)C(=O)c1ccc(-c2ccc([C@H]3[C@@H](C#N)N(C(=O)Cc4ccccn4)[C@@H]3CO)cc2)cc1. The van der Waals surface area contributed by atoms with Crippen molar-refractivity contribution in [3.63, 3.8) is 0 Å². The highest BCUT2D eigenvalue weighted by atomic mass is 16.3. The standard InChI is InChI=1S/C27H26N4O3/c1-30(2)27(34)21-12-8-19(9-13-21)18-6-10-20(11-7-18)26-23(16-28)31(24(26)17-32)25(33)15-22-5-3-4-14-29-22/h3-14,23-24,26,32H,15,17H2,1-2H3/t23-,24-,26+/m1/s1. The van der Waals surface area contributed by atoms with E-state index in [1.807, 2.05) is 42.5 Å². The molecule has 3 atom stereocenters. The molecule has 1 aromatic heterocycles. The van der Waals surface area contributed by atoms with Crippen LogP contribution in [-0.2, 0) is 11.2 Å². The van der Waals surface area contributed by atoms with Gasteiger partial charge in [-0.05, 0) is 41.0 Å². The Bertz CT molecular complexity index is 1200. The second kappa shape index (κ2) is 9.86. The molecule has 34 heavy (non-hydrogen) atoms. The number of carbonyl (C=O) groups is 2. The predicted octanol–water partition coefficient (Wildman–Crippen LogP) is 2.87. The fourth-order valence-electron chi connectivity index (χ4n) is 4.46. The summed E-state index contributed by atoms with van der Waals surface area (Å²) in [5.41, 5.74) is 4.10. The Hall–Kier alpha value is -4.02. The van der Waals surface area contributed by atoms with Gasteiger partial charge in [-0.3, -0.25) is 14.6 Å². The fraction of sp³-hybridized carbons (Fsp3) is 0.259. The molecule has 1 fully saturated rings. The molecule has 2 amide bonds. The van der Waals surface area contributed by atoms with Crippen molar-refractivity contribution < 1.29 is 14.7 Å². The normalized spacial score (nSPS) is 19.1. The maximum Gasteiger partial charge on any atom is 0.253 e. The summed E-state index contributed by atoms with van der Waals surface area (Å²) < 4.78 is 0. The quantitative estimate of drug-likeness (QED) is 0.618. The lowest BCUT2D eigenvalue weighted by molar-refractivity contribution is -0.146. The van der Waals surface area contributed by atoms with Crippen molar-refractivity contribution in [3.8, 4) is 17.2 Å². The molecule has 1 aliphatic rings. The van der Waals surface area contributed by atoms with Crippen LogP contribution in [-0.4, -0.2) is 64.5 Å². The number of amides is 2.